The van der Waals surface area contributed by atoms with Crippen LogP contribution in [0.4, 0.5) is 11.4 Å². The number of amides is 2. The van der Waals surface area contributed by atoms with Gasteiger partial charge in [0.1, 0.15) is 0 Å². The molecule has 28 heavy (non-hydrogen) atoms. The van der Waals surface area contributed by atoms with Gasteiger partial charge in [-0.2, -0.15) is 0 Å². The Kier molecular flexibility index (Phi) is 6.02. The van der Waals surface area contributed by atoms with Crippen LogP contribution in [0.15, 0.2) is 42.5 Å². The van der Waals surface area contributed by atoms with Gasteiger partial charge in [0, 0.05) is 36.4 Å². The first-order valence-corrected chi connectivity index (χ1v) is 9.92. The minimum absolute atomic E-state index is 0.0383. The molecule has 0 saturated carbocycles. The number of benzene rings is 2. The lowest BCUT2D eigenvalue weighted by Gasteiger charge is -2.32. The highest BCUT2D eigenvalue weighted by Crippen LogP contribution is 2.29. The van der Waals surface area contributed by atoms with E-state index in [0.717, 1.165) is 25.2 Å². The maximum atomic E-state index is 12.9. The lowest BCUT2D eigenvalue weighted by molar-refractivity contribution is -0.118. The lowest BCUT2D eigenvalue weighted by atomic mass is 9.98. The van der Waals surface area contributed by atoms with Crippen molar-refractivity contribution in [2.24, 2.45) is 5.92 Å². The van der Waals surface area contributed by atoms with E-state index in [1.165, 1.54) is 11.1 Å². The molecule has 2 aromatic carbocycles. The summed E-state index contributed by atoms with van der Waals surface area (Å²) in [6.45, 7) is 9.22. The molecule has 148 valence electrons. The Balaban J connectivity index is 1.93. The number of nitrogens with one attached hydrogen (secondary N) is 2. The second kappa shape index (κ2) is 8.46. The van der Waals surface area contributed by atoms with Gasteiger partial charge in [-0.15, -0.1) is 0 Å². The molecule has 0 saturated heterocycles. The number of rotatable bonds is 5. The van der Waals surface area contributed by atoms with Crippen molar-refractivity contribution in [1.82, 2.24) is 5.32 Å². The minimum atomic E-state index is -0.121. The van der Waals surface area contributed by atoms with E-state index in [2.05, 4.69) is 39.8 Å². The number of hydrogen-bond acceptors (Lipinski definition) is 3. The smallest absolute Gasteiger partial charge is 0.253 e. The van der Waals surface area contributed by atoms with Gasteiger partial charge in [0.2, 0.25) is 5.91 Å². The predicted molar refractivity (Wildman–Crippen MR) is 114 cm³/mol. The van der Waals surface area contributed by atoms with Crippen LogP contribution in [0.2, 0.25) is 0 Å². The third-order valence-electron chi connectivity index (χ3n) is 4.92. The van der Waals surface area contributed by atoms with Crippen molar-refractivity contribution in [2.45, 2.75) is 46.7 Å². The van der Waals surface area contributed by atoms with Crippen LogP contribution in [0.1, 0.15) is 49.2 Å². The number of anilines is 2. The van der Waals surface area contributed by atoms with E-state index >= 15 is 0 Å². The van der Waals surface area contributed by atoms with Crippen LogP contribution in [0.25, 0.3) is 0 Å². The average Bonchev–Trinajstić information content (AvgIpc) is 2.67. The maximum Gasteiger partial charge on any atom is 0.253 e. The minimum Gasteiger partial charge on any atom is -0.366 e. The molecule has 1 aliphatic rings. The maximum absolute atomic E-state index is 12.9. The molecule has 0 spiro atoms. The van der Waals surface area contributed by atoms with Gasteiger partial charge in [-0.05, 0) is 49.6 Å². The molecule has 5 heteroatoms. The van der Waals surface area contributed by atoms with Gasteiger partial charge >= 0.3 is 0 Å². The van der Waals surface area contributed by atoms with Crippen molar-refractivity contribution in [2.75, 3.05) is 16.8 Å². The van der Waals surface area contributed by atoms with E-state index in [4.69, 9.17) is 0 Å². The Labute approximate surface area is 167 Å². The largest absolute Gasteiger partial charge is 0.366 e. The van der Waals surface area contributed by atoms with Gasteiger partial charge in [-0.3, -0.25) is 9.59 Å². The van der Waals surface area contributed by atoms with E-state index in [1.54, 1.807) is 6.07 Å². The molecule has 3 rings (SSSR count). The van der Waals surface area contributed by atoms with Crippen LogP contribution in [0, 0.1) is 5.92 Å². The zero-order valence-electron chi connectivity index (χ0n) is 17.1. The molecule has 1 heterocycles. The topological polar surface area (TPSA) is 61.4 Å². The number of carbonyl (C=O) groups is 2. The normalized spacial score (nSPS) is 13.4. The third kappa shape index (κ3) is 4.53. The van der Waals surface area contributed by atoms with Crippen molar-refractivity contribution in [1.29, 1.82) is 0 Å². The van der Waals surface area contributed by atoms with Crippen LogP contribution in [0.3, 0.4) is 0 Å². The summed E-state index contributed by atoms with van der Waals surface area (Å²) < 4.78 is 0. The van der Waals surface area contributed by atoms with Gasteiger partial charge in [-0.1, -0.05) is 38.1 Å². The van der Waals surface area contributed by atoms with E-state index in [9.17, 15) is 9.59 Å². The zero-order chi connectivity index (χ0) is 20.3. The second-order valence-electron chi connectivity index (χ2n) is 7.94. The number of carbonyl (C=O) groups excluding carboxylic acids is 2. The Morgan fingerprint density at radius 3 is 2.39 bits per heavy atom. The van der Waals surface area contributed by atoms with Crippen molar-refractivity contribution in [3.63, 3.8) is 0 Å². The Morgan fingerprint density at radius 2 is 1.71 bits per heavy atom. The van der Waals surface area contributed by atoms with Crippen LogP contribution < -0.4 is 15.5 Å². The molecule has 5 nitrogen and oxygen atoms in total. The SMILES string of the molecule is CC(C)NC(=O)c1cc(NC(=O)C(C)C)ccc1N1CCc2ccccc2C1. The van der Waals surface area contributed by atoms with Gasteiger partial charge in [0.15, 0.2) is 0 Å². The first-order chi connectivity index (χ1) is 13.3. The molecule has 0 unspecified atom stereocenters. The van der Waals surface area contributed by atoms with Gasteiger partial charge in [0.05, 0.1) is 5.56 Å². The summed E-state index contributed by atoms with van der Waals surface area (Å²) in [4.78, 5) is 27.2. The summed E-state index contributed by atoms with van der Waals surface area (Å²) in [5, 5.41) is 5.88. The van der Waals surface area contributed by atoms with Crippen LogP contribution in [0.5, 0.6) is 0 Å². The highest BCUT2D eigenvalue weighted by Gasteiger charge is 2.22. The molecule has 0 atom stereocenters. The molecular formula is C23H29N3O2. The molecule has 2 N–H and O–H groups in total. The predicted octanol–water partition coefficient (Wildman–Crippen LogP) is 3.98. The van der Waals surface area contributed by atoms with E-state index in [0.29, 0.717) is 11.3 Å². The molecule has 2 aromatic rings. The summed E-state index contributed by atoms with van der Waals surface area (Å²) in [5.41, 5.74) is 4.80. The molecule has 1 aliphatic heterocycles. The van der Waals surface area contributed by atoms with Crippen LogP contribution in [-0.4, -0.2) is 24.4 Å². The summed E-state index contributed by atoms with van der Waals surface area (Å²) in [6, 6.07) is 14.1. The fourth-order valence-electron chi connectivity index (χ4n) is 3.40. The van der Waals surface area contributed by atoms with Gasteiger partial charge in [0.25, 0.3) is 5.91 Å². The van der Waals surface area contributed by atoms with Crippen molar-refractivity contribution in [3.8, 4) is 0 Å². The number of hydrogen-bond donors (Lipinski definition) is 2. The molecule has 2 amide bonds. The first-order valence-electron chi connectivity index (χ1n) is 9.92. The number of fused-ring (bicyclic) bond motifs is 1. The van der Waals surface area contributed by atoms with Gasteiger partial charge < -0.3 is 15.5 Å². The summed E-state index contributed by atoms with van der Waals surface area (Å²) in [6.07, 6.45) is 0.952. The fourth-order valence-corrected chi connectivity index (χ4v) is 3.40. The molecule has 0 radical (unpaired) electrons. The summed E-state index contributed by atoms with van der Waals surface area (Å²) in [5.74, 6) is -0.300. The quantitative estimate of drug-likeness (QED) is 0.826. The number of nitrogens with zero attached hydrogens (tertiary/aromatic N) is 1. The highest BCUT2D eigenvalue weighted by atomic mass is 16.2. The zero-order valence-corrected chi connectivity index (χ0v) is 17.1. The Morgan fingerprint density at radius 1 is 1.00 bits per heavy atom. The average molecular weight is 380 g/mol. The van der Waals surface area contributed by atoms with E-state index in [-0.39, 0.29) is 23.8 Å². The van der Waals surface area contributed by atoms with Crippen LogP contribution in [-0.2, 0) is 17.8 Å². The van der Waals surface area contributed by atoms with E-state index in [1.807, 2.05) is 39.8 Å². The lowest BCUT2D eigenvalue weighted by Crippen LogP contribution is -2.35. The molecule has 0 aromatic heterocycles. The Bertz CT molecular complexity index is 874. The van der Waals surface area contributed by atoms with Crippen LogP contribution >= 0.6 is 0 Å². The van der Waals surface area contributed by atoms with Gasteiger partial charge in [-0.25, -0.2) is 0 Å². The monoisotopic (exact) mass is 379 g/mol. The first kappa shape index (κ1) is 19.9. The Hall–Kier alpha value is -2.82. The standard InChI is InChI=1S/C23H29N3O2/c1-15(2)22(27)25-19-9-10-21(20(13-19)23(28)24-16(3)4)26-12-11-17-7-5-6-8-18(17)14-26/h5-10,13,15-16H,11-12,14H2,1-4H3,(H,24,28)(H,25,27). The second-order valence-corrected chi connectivity index (χ2v) is 7.94. The van der Waals surface area contributed by atoms with E-state index < -0.39 is 0 Å². The molecular weight excluding hydrogens is 350 g/mol. The molecule has 0 bridgehead atoms. The summed E-state index contributed by atoms with van der Waals surface area (Å²) in [7, 11) is 0. The van der Waals surface area contributed by atoms with Crippen molar-refractivity contribution < 1.29 is 9.59 Å². The highest BCUT2D eigenvalue weighted by molar-refractivity contribution is 6.02. The third-order valence-corrected chi connectivity index (χ3v) is 4.92. The summed E-state index contributed by atoms with van der Waals surface area (Å²) >= 11 is 0. The van der Waals surface area contributed by atoms with Crippen molar-refractivity contribution >= 4 is 23.2 Å². The molecule has 0 aliphatic carbocycles. The fraction of sp³-hybridized carbons (Fsp3) is 0.391. The van der Waals surface area contributed by atoms with Crippen molar-refractivity contribution in [3.05, 3.63) is 59.2 Å². The molecule has 0 fully saturated rings.